The van der Waals surface area contributed by atoms with Crippen molar-refractivity contribution in [3.63, 3.8) is 0 Å². The van der Waals surface area contributed by atoms with Crippen molar-refractivity contribution in [1.82, 2.24) is 14.8 Å². The number of aliphatic carboxylic acids is 1. The third kappa shape index (κ3) is 3.82. The molecule has 0 unspecified atom stereocenters. The molecular formula is C9H15N3O3S. The number of nitrogens with zero attached hydrogens (tertiary/aromatic N) is 3. The first-order valence-corrected chi connectivity index (χ1v) is 5.97. The lowest BCUT2D eigenvalue weighted by Crippen LogP contribution is -2.02. The largest absolute Gasteiger partial charge is 0.481 e. The number of aryl methyl sites for hydroxylation is 1. The van der Waals surface area contributed by atoms with E-state index in [0.717, 1.165) is 36.8 Å². The van der Waals surface area contributed by atoms with Gasteiger partial charge in [-0.3, -0.25) is 4.79 Å². The van der Waals surface area contributed by atoms with Gasteiger partial charge in [0.2, 0.25) is 0 Å². The second kappa shape index (κ2) is 6.49. The van der Waals surface area contributed by atoms with Crippen LogP contribution >= 0.6 is 11.8 Å². The van der Waals surface area contributed by atoms with Crippen LogP contribution in [0.25, 0.3) is 0 Å². The van der Waals surface area contributed by atoms with E-state index in [1.165, 1.54) is 0 Å². The number of unbranched alkanes of at least 4 members (excludes halogenated alkanes) is 1. The van der Waals surface area contributed by atoms with E-state index in [1.54, 1.807) is 4.57 Å². The Bertz CT molecular complexity index is 354. The van der Waals surface area contributed by atoms with Crippen molar-refractivity contribution in [1.29, 1.82) is 0 Å². The number of hydrogen-bond donors (Lipinski definition) is 2. The molecule has 0 aromatic carbocycles. The minimum atomic E-state index is -0.866. The van der Waals surface area contributed by atoms with Crippen LogP contribution in [0.1, 0.15) is 18.7 Å². The minimum Gasteiger partial charge on any atom is -0.481 e. The number of rotatable bonds is 7. The summed E-state index contributed by atoms with van der Waals surface area (Å²) >= 11 is 1.16. The standard InChI is InChI=1S/C9H15N3O3S/c1-12-7(4-2-3-5-13)10-11-9(12)16-6-8(14)15/h13H,2-6H2,1H3,(H,14,15). The second-order valence-electron chi connectivity index (χ2n) is 3.32. The van der Waals surface area contributed by atoms with Gasteiger partial charge in [0.1, 0.15) is 5.82 Å². The molecule has 0 saturated heterocycles. The second-order valence-corrected chi connectivity index (χ2v) is 4.26. The van der Waals surface area contributed by atoms with Gasteiger partial charge in [-0.15, -0.1) is 10.2 Å². The van der Waals surface area contributed by atoms with E-state index in [0.29, 0.717) is 5.16 Å². The number of carboxylic acids is 1. The molecule has 1 rings (SSSR count). The fourth-order valence-corrected chi connectivity index (χ4v) is 1.86. The molecule has 0 aliphatic carbocycles. The Kier molecular flexibility index (Phi) is 5.27. The van der Waals surface area contributed by atoms with Gasteiger partial charge in [-0.05, 0) is 12.8 Å². The number of hydrogen-bond acceptors (Lipinski definition) is 5. The molecule has 7 heteroatoms. The first-order chi connectivity index (χ1) is 7.65. The highest BCUT2D eigenvalue weighted by atomic mass is 32.2. The molecule has 0 bridgehead atoms. The Morgan fingerprint density at radius 2 is 2.19 bits per heavy atom. The van der Waals surface area contributed by atoms with E-state index in [-0.39, 0.29) is 12.4 Å². The predicted molar refractivity (Wildman–Crippen MR) is 59.4 cm³/mol. The SMILES string of the molecule is Cn1c(CCCCO)nnc1SCC(=O)O. The molecule has 0 spiro atoms. The van der Waals surface area contributed by atoms with E-state index < -0.39 is 5.97 Å². The Balaban J connectivity index is 2.51. The quantitative estimate of drug-likeness (QED) is 0.531. The van der Waals surface area contributed by atoms with Gasteiger partial charge >= 0.3 is 5.97 Å². The lowest BCUT2D eigenvalue weighted by Gasteiger charge is -2.01. The van der Waals surface area contributed by atoms with Gasteiger partial charge in [-0.25, -0.2) is 0 Å². The summed E-state index contributed by atoms with van der Waals surface area (Å²) < 4.78 is 1.80. The van der Waals surface area contributed by atoms with Crippen LogP contribution in [-0.2, 0) is 18.3 Å². The fraction of sp³-hybridized carbons (Fsp3) is 0.667. The average molecular weight is 245 g/mol. The topological polar surface area (TPSA) is 88.2 Å². The molecule has 90 valence electrons. The maximum atomic E-state index is 10.4. The Morgan fingerprint density at radius 1 is 1.44 bits per heavy atom. The van der Waals surface area contributed by atoms with Crippen LogP contribution in [0.3, 0.4) is 0 Å². The van der Waals surface area contributed by atoms with Crippen LogP contribution in [0, 0.1) is 0 Å². The van der Waals surface area contributed by atoms with Crippen LogP contribution < -0.4 is 0 Å². The number of carbonyl (C=O) groups is 1. The maximum absolute atomic E-state index is 10.4. The van der Waals surface area contributed by atoms with Gasteiger partial charge < -0.3 is 14.8 Å². The molecule has 0 saturated carbocycles. The summed E-state index contributed by atoms with van der Waals surface area (Å²) in [6.45, 7) is 0.179. The molecular weight excluding hydrogens is 230 g/mol. The zero-order valence-electron chi connectivity index (χ0n) is 9.09. The van der Waals surface area contributed by atoms with Gasteiger partial charge in [-0.2, -0.15) is 0 Å². The molecule has 2 N–H and O–H groups in total. The summed E-state index contributed by atoms with van der Waals surface area (Å²) in [6.07, 6.45) is 2.34. The lowest BCUT2D eigenvalue weighted by atomic mass is 10.2. The van der Waals surface area contributed by atoms with Gasteiger partial charge in [0.05, 0.1) is 5.75 Å². The maximum Gasteiger partial charge on any atom is 0.313 e. The van der Waals surface area contributed by atoms with Crippen molar-refractivity contribution in [2.75, 3.05) is 12.4 Å². The van der Waals surface area contributed by atoms with Gasteiger partial charge in [0.25, 0.3) is 0 Å². The Labute approximate surface area is 97.7 Å². The number of aromatic nitrogens is 3. The van der Waals surface area contributed by atoms with Gasteiger partial charge in [0, 0.05) is 20.1 Å². The highest BCUT2D eigenvalue weighted by Crippen LogP contribution is 2.15. The van der Waals surface area contributed by atoms with Crippen LogP contribution in [0.2, 0.25) is 0 Å². The number of aliphatic hydroxyl groups excluding tert-OH is 1. The Morgan fingerprint density at radius 3 is 2.81 bits per heavy atom. The summed E-state index contributed by atoms with van der Waals surface area (Å²) in [5.41, 5.74) is 0. The summed E-state index contributed by atoms with van der Waals surface area (Å²) in [5.74, 6) is -0.0565. The van der Waals surface area contributed by atoms with Crippen LogP contribution in [-0.4, -0.2) is 43.3 Å². The molecule has 0 aliphatic rings. The van der Waals surface area contributed by atoms with Crippen molar-refractivity contribution < 1.29 is 15.0 Å². The first-order valence-electron chi connectivity index (χ1n) is 4.99. The zero-order chi connectivity index (χ0) is 12.0. The lowest BCUT2D eigenvalue weighted by molar-refractivity contribution is -0.133. The minimum absolute atomic E-state index is 0.0113. The first kappa shape index (κ1) is 13.0. The molecule has 1 aromatic heterocycles. The molecule has 6 nitrogen and oxygen atoms in total. The fourth-order valence-electron chi connectivity index (χ4n) is 1.21. The van der Waals surface area contributed by atoms with Crippen LogP contribution in [0.5, 0.6) is 0 Å². The van der Waals surface area contributed by atoms with Crippen molar-refractivity contribution in [3.05, 3.63) is 5.82 Å². The normalized spacial score (nSPS) is 10.6. The summed E-state index contributed by atoms with van der Waals surface area (Å²) in [4.78, 5) is 10.4. The van der Waals surface area contributed by atoms with E-state index in [9.17, 15) is 4.79 Å². The molecule has 0 radical (unpaired) electrons. The molecule has 0 atom stereocenters. The summed E-state index contributed by atoms with van der Waals surface area (Å²) in [5, 5.41) is 25.7. The van der Waals surface area contributed by atoms with Crippen molar-refractivity contribution in [2.24, 2.45) is 7.05 Å². The molecule has 0 amide bonds. The van der Waals surface area contributed by atoms with Gasteiger partial charge in [0.15, 0.2) is 5.16 Å². The van der Waals surface area contributed by atoms with E-state index in [1.807, 2.05) is 7.05 Å². The molecule has 1 heterocycles. The molecule has 0 aliphatic heterocycles. The van der Waals surface area contributed by atoms with Crippen LogP contribution in [0.15, 0.2) is 5.16 Å². The number of carboxylic acid groups (broad SMARTS) is 1. The highest BCUT2D eigenvalue weighted by Gasteiger charge is 2.10. The van der Waals surface area contributed by atoms with Gasteiger partial charge in [-0.1, -0.05) is 11.8 Å². The Hall–Kier alpha value is -1.08. The van der Waals surface area contributed by atoms with E-state index in [2.05, 4.69) is 10.2 Å². The molecule has 0 fully saturated rings. The summed E-state index contributed by atoms with van der Waals surface area (Å²) in [7, 11) is 1.82. The van der Waals surface area contributed by atoms with Crippen molar-refractivity contribution >= 4 is 17.7 Å². The third-order valence-corrected chi connectivity index (χ3v) is 3.06. The smallest absolute Gasteiger partial charge is 0.313 e. The average Bonchev–Trinajstić information content (AvgIpc) is 2.58. The van der Waals surface area contributed by atoms with E-state index >= 15 is 0 Å². The molecule has 16 heavy (non-hydrogen) atoms. The number of aliphatic hydroxyl groups is 1. The monoisotopic (exact) mass is 245 g/mol. The van der Waals surface area contributed by atoms with E-state index in [4.69, 9.17) is 10.2 Å². The predicted octanol–water partition coefficient (Wildman–Crippen LogP) is 0.307. The van der Waals surface area contributed by atoms with Crippen LogP contribution in [0.4, 0.5) is 0 Å². The third-order valence-electron chi connectivity index (χ3n) is 2.06. The summed E-state index contributed by atoms with van der Waals surface area (Å²) in [6, 6.07) is 0. The zero-order valence-corrected chi connectivity index (χ0v) is 9.90. The number of thioether (sulfide) groups is 1. The van der Waals surface area contributed by atoms with Crippen molar-refractivity contribution in [3.8, 4) is 0 Å². The molecule has 1 aromatic rings. The van der Waals surface area contributed by atoms with Crippen molar-refractivity contribution in [2.45, 2.75) is 24.4 Å². The highest BCUT2D eigenvalue weighted by molar-refractivity contribution is 7.99.